The summed E-state index contributed by atoms with van der Waals surface area (Å²) in [6.45, 7) is 1.81. The minimum Gasteiger partial charge on any atom is -0.419 e. The summed E-state index contributed by atoms with van der Waals surface area (Å²) >= 11 is 1.29. The summed E-state index contributed by atoms with van der Waals surface area (Å²) in [6.07, 6.45) is 0. The second-order valence-electron chi connectivity index (χ2n) is 3.25. The van der Waals surface area contributed by atoms with Crippen LogP contribution >= 0.6 is 11.3 Å². The lowest BCUT2D eigenvalue weighted by Crippen LogP contribution is -2.08. The molecule has 0 fully saturated rings. The van der Waals surface area contributed by atoms with Gasteiger partial charge in [-0.05, 0) is 36.1 Å². The Morgan fingerprint density at radius 1 is 1.31 bits per heavy atom. The van der Waals surface area contributed by atoms with Gasteiger partial charge in [0, 0.05) is 0 Å². The molecule has 0 amide bonds. The second kappa shape index (κ2) is 4.45. The summed E-state index contributed by atoms with van der Waals surface area (Å²) in [5.74, 6) is -1.09. The molecule has 1 heterocycles. The van der Waals surface area contributed by atoms with Crippen LogP contribution in [-0.4, -0.2) is 5.97 Å². The topological polar surface area (TPSA) is 26.3 Å². The highest BCUT2D eigenvalue weighted by atomic mass is 32.1. The fourth-order valence-corrected chi connectivity index (χ4v) is 2.06. The lowest BCUT2D eigenvalue weighted by molar-refractivity contribution is 0.0732. The predicted octanol–water partition coefficient (Wildman–Crippen LogP) is 3.41. The molecule has 0 aliphatic carbocycles. The summed E-state index contributed by atoms with van der Waals surface area (Å²) < 4.78 is 18.2. The minimum atomic E-state index is -0.537. The normalized spacial score (nSPS) is 10.1. The van der Waals surface area contributed by atoms with Gasteiger partial charge in [0.1, 0.15) is 4.88 Å². The SMILES string of the molecule is Cc1ccsc1C(=O)Oc1ccccc1F. The molecule has 0 aliphatic heterocycles. The Bertz CT molecular complexity index is 519. The molecule has 2 nitrogen and oxygen atoms in total. The smallest absolute Gasteiger partial charge is 0.354 e. The average Bonchev–Trinajstić information content (AvgIpc) is 2.68. The molecule has 1 aromatic heterocycles. The first-order chi connectivity index (χ1) is 7.68. The van der Waals surface area contributed by atoms with E-state index in [1.165, 1.54) is 23.5 Å². The average molecular weight is 236 g/mol. The van der Waals surface area contributed by atoms with Gasteiger partial charge in [0.05, 0.1) is 0 Å². The Kier molecular flexibility index (Phi) is 3.01. The third kappa shape index (κ3) is 2.12. The molecule has 0 saturated carbocycles. The van der Waals surface area contributed by atoms with Crippen LogP contribution in [0.25, 0.3) is 0 Å². The van der Waals surface area contributed by atoms with Gasteiger partial charge in [-0.25, -0.2) is 9.18 Å². The standard InChI is InChI=1S/C12H9FO2S/c1-8-6-7-16-11(8)12(14)15-10-5-3-2-4-9(10)13/h2-7H,1H3. The van der Waals surface area contributed by atoms with Crippen molar-refractivity contribution < 1.29 is 13.9 Å². The van der Waals surface area contributed by atoms with E-state index in [0.29, 0.717) is 4.88 Å². The molecule has 82 valence electrons. The van der Waals surface area contributed by atoms with E-state index in [4.69, 9.17) is 4.74 Å². The Morgan fingerprint density at radius 3 is 2.69 bits per heavy atom. The van der Waals surface area contributed by atoms with E-state index in [1.54, 1.807) is 17.5 Å². The number of hydrogen-bond acceptors (Lipinski definition) is 3. The molecule has 0 aliphatic rings. The van der Waals surface area contributed by atoms with Crippen molar-refractivity contribution in [2.24, 2.45) is 0 Å². The summed E-state index contributed by atoms with van der Waals surface area (Å²) in [4.78, 5) is 12.2. The number of ether oxygens (including phenoxy) is 1. The molecule has 16 heavy (non-hydrogen) atoms. The third-order valence-electron chi connectivity index (χ3n) is 2.09. The van der Waals surface area contributed by atoms with Gasteiger partial charge in [-0.2, -0.15) is 0 Å². The van der Waals surface area contributed by atoms with Crippen LogP contribution in [0.2, 0.25) is 0 Å². The Labute approximate surface area is 96.3 Å². The molecule has 0 bridgehead atoms. The zero-order valence-corrected chi connectivity index (χ0v) is 9.38. The molecule has 2 rings (SSSR count). The first-order valence-corrected chi connectivity index (χ1v) is 5.57. The number of para-hydroxylation sites is 1. The number of hydrogen-bond donors (Lipinski definition) is 0. The number of halogens is 1. The maximum atomic E-state index is 13.2. The summed E-state index contributed by atoms with van der Waals surface area (Å²) in [5, 5.41) is 1.80. The zero-order valence-electron chi connectivity index (χ0n) is 8.57. The molecule has 0 N–H and O–H groups in total. The van der Waals surface area contributed by atoms with E-state index in [1.807, 2.05) is 13.0 Å². The lowest BCUT2D eigenvalue weighted by Gasteiger charge is -2.03. The quantitative estimate of drug-likeness (QED) is 0.590. The molecule has 0 radical (unpaired) electrons. The monoisotopic (exact) mass is 236 g/mol. The number of aryl methyl sites for hydroxylation is 1. The van der Waals surface area contributed by atoms with Crippen LogP contribution in [0, 0.1) is 12.7 Å². The van der Waals surface area contributed by atoms with E-state index in [0.717, 1.165) is 5.56 Å². The van der Waals surface area contributed by atoms with Gasteiger partial charge < -0.3 is 4.74 Å². The molecule has 2 aromatic rings. The van der Waals surface area contributed by atoms with Gasteiger partial charge in [-0.3, -0.25) is 0 Å². The van der Waals surface area contributed by atoms with Crippen molar-refractivity contribution in [2.45, 2.75) is 6.92 Å². The van der Waals surface area contributed by atoms with Crippen molar-refractivity contribution in [3.05, 3.63) is 52.0 Å². The lowest BCUT2D eigenvalue weighted by atomic mass is 10.3. The number of thiophene rings is 1. The van der Waals surface area contributed by atoms with E-state index in [-0.39, 0.29) is 5.75 Å². The van der Waals surface area contributed by atoms with Crippen molar-refractivity contribution in [3.63, 3.8) is 0 Å². The highest BCUT2D eigenvalue weighted by Crippen LogP contribution is 2.21. The van der Waals surface area contributed by atoms with Crippen molar-refractivity contribution in [3.8, 4) is 5.75 Å². The molecule has 0 saturated heterocycles. The van der Waals surface area contributed by atoms with E-state index in [9.17, 15) is 9.18 Å². The number of carbonyl (C=O) groups excluding carboxylic acids is 1. The first-order valence-electron chi connectivity index (χ1n) is 4.69. The molecule has 0 unspecified atom stereocenters. The summed E-state index contributed by atoms with van der Waals surface area (Å²) in [5.41, 5.74) is 0.839. The zero-order chi connectivity index (χ0) is 11.5. The number of rotatable bonds is 2. The first kappa shape index (κ1) is 10.8. The molecule has 0 spiro atoms. The fourth-order valence-electron chi connectivity index (χ4n) is 1.26. The van der Waals surface area contributed by atoms with Crippen LogP contribution in [0.4, 0.5) is 4.39 Å². The summed E-state index contributed by atoms with van der Waals surface area (Å²) in [7, 11) is 0. The molecule has 1 aromatic carbocycles. The second-order valence-corrected chi connectivity index (χ2v) is 4.17. The summed E-state index contributed by atoms with van der Waals surface area (Å²) in [6, 6.07) is 7.67. The van der Waals surface area contributed by atoms with Crippen molar-refractivity contribution in [1.29, 1.82) is 0 Å². The molecule has 0 atom stereocenters. The highest BCUT2D eigenvalue weighted by molar-refractivity contribution is 7.12. The van der Waals surface area contributed by atoms with Crippen LogP contribution in [0.3, 0.4) is 0 Å². The number of esters is 1. The maximum Gasteiger partial charge on any atom is 0.354 e. The van der Waals surface area contributed by atoms with E-state index < -0.39 is 11.8 Å². The van der Waals surface area contributed by atoms with Gasteiger partial charge >= 0.3 is 5.97 Å². The van der Waals surface area contributed by atoms with Crippen molar-refractivity contribution in [2.75, 3.05) is 0 Å². The van der Waals surface area contributed by atoms with Crippen LogP contribution in [0.15, 0.2) is 35.7 Å². The van der Waals surface area contributed by atoms with Gasteiger partial charge in [0.2, 0.25) is 0 Å². The van der Waals surface area contributed by atoms with Crippen molar-refractivity contribution >= 4 is 17.3 Å². The largest absolute Gasteiger partial charge is 0.419 e. The number of benzene rings is 1. The highest BCUT2D eigenvalue weighted by Gasteiger charge is 2.14. The van der Waals surface area contributed by atoms with Crippen LogP contribution in [0.5, 0.6) is 5.75 Å². The van der Waals surface area contributed by atoms with Crippen molar-refractivity contribution in [1.82, 2.24) is 0 Å². The third-order valence-corrected chi connectivity index (χ3v) is 3.08. The minimum absolute atomic E-state index is 0.0414. The maximum absolute atomic E-state index is 13.2. The van der Waals surface area contributed by atoms with E-state index >= 15 is 0 Å². The Hall–Kier alpha value is -1.68. The molecular formula is C12H9FO2S. The molecule has 4 heteroatoms. The van der Waals surface area contributed by atoms with Gasteiger partial charge in [0.15, 0.2) is 11.6 Å². The van der Waals surface area contributed by atoms with Crippen LogP contribution < -0.4 is 4.74 Å². The van der Waals surface area contributed by atoms with Crippen LogP contribution in [0.1, 0.15) is 15.2 Å². The van der Waals surface area contributed by atoms with Gasteiger partial charge in [-0.15, -0.1) is 11.3 Å². The van der Waals surface area contributed by atoms with Crippen LogP contribution in [-0.2, 0) is 0 Å². The predicted molar refractivity (Wildman–Crippen MR) is 60.4 cm³/mol. The van der Waals surface area contributed by atoms with E-state index in [2.05, 4.69) is 0 Å². The number of carbonyl (C=O) groups is 1. The Balaban J connectivity index is 2.21. The molecular weight excluding hydrogens is 227 g/mol. The van der Waals surface area contributed by atoms with Gasteiger partial charge in [0.25, 0.3) is 0 Å². The van der Waals surface area contributed by atoms with Gasteiger partial charge in [-0.1, -0.05) is 12.1 Å². The Morgan fingerprint density at radius 2 is 2.06 bits per heavy atom. The fraction of sp³-hybridized carbons (Fsp3) is 0.0833.